The summed E-state index contributed by atoms with van der Waals surface area (Å²) in [5, 5.41) is 2.67. The van der Waals surface area contributed by atoms with Gasteiger partial charge in [0.2, 0.25) is 69.7 Å². The van der Waals surface area contributed by atoms with Crippen molar-refractivity contribution in [3.8, 4) is 17.4 Å². The molecule has 1 aromatic heterocycles. The highest BCUT2D eigenvalue weighted by atomic mass is 32.2. The lowest BCUT2D eigenvalue weighted by molar-refractivity contribution is 0.114. The summed E-state index contributed by atoms with van der Waals surface area (Å²) in [7, 11) is -0.709. The SMILES string of the molecule is CO[s+]1cc(Oc2c(F)c(F)c(F)c(F)c2F)[nH]n(Oc2c(F)c(F)c(F)c(F)c2F)[nH]1. The first kappa shape index (κ1) is 23.3. The molecule has 0 radical (unpaired) electrons. The van der Waals surface area contributed by atoms with Gasteiger partial charge in [0, 0.05) is 4.96 Å². The number of rotatable bonds is 5. The summed E-state index contributed by atoms with van der Waals surface area (Å²) in [6, 6.07) is 0. The average molecular weight is 498 g/mol. The zero-order valence-corrected chi connectivity index (χ0v) is 15.8. The Morgan fingerprint density at radius 1 is 0.656 bits per heavy atom. The van der Waals surface area contributed by atoms with Gasteiger partial charge in [0.15, 0.2) is 0 Å². The number of benzene rings is 2. The summed E-state index contributed by atoms with van der Waals surface area (Å²) in [5.41, 5.74) is 0. The number of nitrogens with one attached hydrogen (secondary N) is 2. The zero-order valence-electron chi connectivity index (χ0n) is 14.9. The van der Waals surface area contributed by atoms with Crippen LogP contribution in [0.15, 0.2) is 5.38 Å². The molecule has 0 aliphatic rings. The van der Waals surface area contributed by atoms with Gasteiger partial charge in [-0.3, -0.25) is 0 Å². The van der Waals surface area contributed by atoms with Crippen molar-refractivity contribution in [2.24, 2.45) is 0 Å². The maximum atomic E-state index is 13.8. The third-order valence-electron chi connectivity index (χ3n) is 3.51. The second-order valence-corrected chi connectivity index (χ2v) is 6.78. The third-order valence-corrected chi connectivity index (χ3v) is 4.64. The van der Waals surface area contributed by atoms with Crippen molar-refractivity contribution in [2.75, 3.05) is 7.11 Å². The van der Waals surface area contributed by atoms with E-state index in [4.69, 9.17) is 4.18 Å². The highest BCUT2D eigenvalue weighted by molar-refractivity contribution is 7.19. The molecule has 1 unspecified atom stereocenters. The van der Waals surface area contributed by atoms with Crippen LogP contribution in [-0.4, -0.2) is 21.7 Å². The van der Waals surface area contributed by atoms with Crippen LogP contribution in [0.25, 0.3) is 0 Å². The zero-order chi connectivity index (χ0) is 23.9. The molecule has 0 aliphatic heterocycles. The first-order valence-corrected chi connectivity index (χ1v) is 8.90. The second kappa shape index (κ2) is 8.65. The molecule has 0 bridgehead atoms. The van der Waals surface area contributed by atoms with E-state index in [0.717, 1.165) is 12.5 Å². The van der Waals surface area contributed by atoms with Gasteiger partial charge in [0.25, 0.3) is 22.2 Å². The van der Waals surface area contributed by atoms with Crippen molar-refractivity contribution in [1.29, 1.82) is 0 Å². The molecule has 0 aliphatic carbocycles. The average Bonchev–Trinajstić information content (AvgIpc) is 2.79. The van der Waals surface area contributed by atoms with Gasteiger partial charge in [-0.25, -0.2) is 31.4 Å². The maximum Gasteiger partial charge on any atom is 0.275 e. The molecule has 1 heterocycles. The summed E-state index contributed by atoms with van der Waals surface area (Å²) in [6.45, 7) is 0. The van der Waals surface area contributed by atoms with Crippen molar-refractivity contribution in [1.82, 2.24) is 14.5 Å². The van der Waals surface area contributed by atoms with Crippen molar-refractivity contribution >= 4 is 10.9 Å². The summed E-state index contributed by atoms with van der Waals surface area (Å²) in [6.07, 6.45) is 0. The van der Waals surface area contributed by atoms with E-state index in [-0.39, 0.29) is 4.96 Å². The Morgan fingerprint density at radius 2 is 1.06 bits per heavy atom. The maximum absolute atomic E-state index is 13.8. The minimum Gasteiger partial charge on any atom is -0.429 e. The van der Waals surface area contributed by atoms with Crippen LogP contribution in [0.4, 0.5) is 43.9 Å². The number of ether oxygens (including phenoxy) is 1. The molecule has 0 fully saturated rings. The molecule has 3 rings (SSSR count). The van der Waals surface area contributed by atoms with E-state index in [1.165, 1.54) is 0 Å². The van der Waals surface area contributed by atoms with Crippen LogP contribution in [0.3, 0.4) is 0 Å². The molecule has 17 heteroatoms. The number of hydrogen-bond donors (Lipinski definition) is 2. The molecule has 0 amide bonds. The van der Waals surface area contributed by atoms with E-state index < -0.39 is 86.5 Å². The van der Waals surface area contributed by atoms with E-state index in [1.807, 2.05) is 5.10 Å². The van der Waals surface area contributed by atoms with Gasteiger partial charge in [-0.1, -0.05) is 0 Å². The Balaban J connectivity index is 2.08. The summed E-state index contributed by atoms with van der Waals surface area (Å²) < 4.78 is 146. The van der Waals surface area contributed by atoms with Crippen molar-refractivity contribution in [3.63, 3.8) is 0 Å². The highest BCUT2D eigenvalue weighted by Gasteiger charge is 2.30. The van der Waals surface area contributed by atoms with Gasteiger partial charge in [-0.05, 0) is 4.49 Å². The molecule has 3 aromatic rings. The van der Waals surface area contributed by atoms with Crippen LogP contribution >= 0.6 is 10.9 Å². The topological polar surface area (TPSA) is 64.2 Å². The van der Waals surface area contributed by atoms with Gasteiger partial charge in [-0.2, -0.15) is 17.6 Å². The standard InChI is InChI=1S/C15H6F10N3O3S/c1-29-32-2-3(30-14-10(22)6(18)4(16)7(19)11(14)23)26-28(27-32)31-15-12(24)8(20)5(17)9(21)13(15)25/h2,26-27H,1H3/q+1. The molecular formula is C15H6F10N3O3S+. The largest absolute Gasteiger partial charge is 0.429 e. The lowest BCUT2D eigenvalue weighted by Crippen LogP contribution is -2.18. The van der Waals surface area contributed by atoms with Crippen LogP contribution in [0.2, 0.25) is 0 Å². The van der Waals surface area contributed by atoms with Crippen molar-refractivity contribution in [3.05, 3.63) is 63.6 Å². The molecule has 1 atom stereocenters. The number of hydrogen-bond acceptors (Lipinski definition) is 3. The lowest BCUT2D eigenvalue weighted by Gasteiger charge is -2.12. The highest BCUT2D eigenvalue weighted by Crippen LogP contribution is 2.33. The van der Waals surface area contributed by atoms with Crippen LogP contribution in [0.5, 0.6) is 17.4 Å². The smallest absolute Gasteiger partial charge is 0.275 e. The van der Waals surface area contributed by atoms with Gasteiger partial charge in [0.05, 0.1) is 0 Å². The van der Waals surface area contributed by atoms with Crippen LogP contribution in [-0.2, 0) is 0 Å². The van der Waals surface area contributed by atoms with Gasteiger partial charge in [0.1, 0.15) is 7.11 Å². The number of halogens is 10. The molecule has 0 spiro atoms. The number of nitrogens with zero attached hydrogens (tertiary/aromatic N) is 1. The minimum atomic E-state index is -2.47. The number of aromatic amines is 2. The summed E-state index contributed by atoms with van der Waals surface area (Å²) in [4.78, 5) is 4.52. The Hall–Kier alpha value is -3.34. The molecule has 6 nitrogen and oxygen atoms in total. The number of H-pyrrole nitrogens is 2. The molecule has 32 heavy (non-hydrogen) atoms. The van der Waals surface area contributed by atoms with Gasteiger partial charge >= 0.3 is 0 Å². The summed E-state index contributed by atoms with van der Waals surface area (Å²) in [5.74, 6) is -28.3. The Labute approximate surface area is 172 Å². The fourth-order valence-corrected chi connectivity index (χ4v) is 2.83. The van der Waals surface area contributed by atoms with E-state index in [9.17, 15) is 43.9 Å². The quantitative estimate of drug-likeness (QED) is 0.223. The molecule has 2 aromatic carbocycles. The van der Waals surface area contributed by atoms with E-state index in [2.05, 4.69) is 14.1 Å². The third kappa shape index (κ3) is 3.95. The van der Waals surface area contributed by atoms with E-state index >= 15 is 0 Å². The first-order valence-electron chi connectivity index (χ1n) is 7.69. The molecule has 174 valence electrons. The fourth-order valence-electron chi connectivity index (χ4n) is 2.07. The van der Waals surface area contributed by atoms with Crippen LogP contribution < -0.4 is 13.8 Å². The Kier molecular flexibility index (Phi) is 6.31. The predicted octanol–water partition coefficient (Wildman–Crippen LogP) is 5.10. The van der Waals surface area contributed by atoms with E-state index in [1.54, 1.807) is 0 Å². The Bertz CT molecular complexity index is 1100. The normalized spacial score (nSPS) is 11.7. The van der Waals surface area contributed by atoms with Crippen molar-refractivity contribution < 1.29 is 57.7 Å². The Morgan fingerprint density at radius 3 is 1.50 bits per heavy atom. The monoisotopic (exact) mass is 498 g/mol. The fraction of sp³-hybridized carbons (Fsp3) is 0.0667. The molecule has 0 saturated carbocycles. The van der Waals surface area contributed by atoms with Gasteiger partial charge in [-0.15, -0.1) is 4.18 Å². The molecule has 2 N–H and O–H groups in total. The van der Waals surface area contributed by atoms with Crippen LogP contribution in [0.1, 0.15) is 0 Å². The van der Waals surface area contributed by atoms with Crippen LogP contribution in [0, 0.1) is 58.2 Å². The second-order valence-electron chi connectivity index (χ2n) is 5.44. The lowest BCUT2D eigenvalue weighted by atomic mass is 10.2. The first-order chi connectivity index (χ1) is 15.0. The molecule has 0 saturated heterocycles. The van der Waals surface area contributed by atoms with E-state index in [0.29, 0.717) is 0 Å². The summed E-state index contributed by atoms with van der Waals surface area (Å²) >= 11 is 0. The number of aromatic nitrogens is 3. The van der Waals surface area contributed by atoms with Gasteiger partial charge < -0.3 is 9.57 Å². The minimum absolute atomic E-state index is 0.0340. The molecular weight excluding hydrogens is 492 g/mol. The van der Waals surface area contributed by atoms with Crippen molar-refractivity contribution in [2.45, 2.75) is 0 Å². The predicted molar refractivity (Wildman–Crippen MR) is 84.3 cm³/mol.